The van der Waals surface area contributed by atoms with Gasteiger partial charge in [0.2, 0.25) is 11.1 Å². The van der Waals surface area contributed by atoms with Gasteiger partial charge in [0, 0.05) is 11.4 Å². The molecule has 1 atom stereocenters. The number of ether oxygens (including phenoxy) is 1. The van der Waals surface area contributed by atoms with Crippen LogP contribution in [0.3, 0.4) is 0 Å². The number of nitrogens with one attached hydrogen (secondary N) is 2. The summed E-state index contributed by atoms with van der Waals surface area (Å²) in [7, 11) is 1.59. The zero-order valence-electron chi connectivity index (χ0n) is 20.4. The van der Waals surface area contributed by atoms with E-state index in [0.717, 1.165) is 22.6 Å². The van der Waals surface area contributed by atoms with Gasteiger partial charge in [-0.2, -0.15) is 4.98 Å². The fourth-order valence-corrected chi connectivity index (χ4v) is 4.99. The van der Waals surface area contributed by atoms with E-state index in [-0.39, 0.29) is 5.91 Å². The summed E-state index contributed by atoms with van der Waals surface area (Å²) in [6.07, 6.45) is 0. The first-order chi connectivity index (χ1) is 17.5. The number of benzene rings is 3. The Balaban J connectivity index is 1.50. The first-order valence-corrected chi connectivity index (χ1v) is 12.6. The van der Waals surface area contributed by atoms with Crippen LogP contribution in [0.2, 0.25) is 0 Å². The van der Waals surface area contributed by atoms with Crippen molar-refractivity contribution in [2.24, 2.45) is 0 Å². The molecule has 0 fully saturated rings. The summed E-state index contributed by atoms with van der Waals surface area (Å²) in [6.45, 7) is 3.94. The van der Waals surface area contributed by atoms with Crippen molar-refractivity contribution in [1.29, 1.82) is 0 Å². The Morgan fingerprint density at radius 2 is 1.75 bits per heavy atom. The quantitative estimate of drug-likeness (QED) is 0.314. The number of aromatic nitrogens is 3. The molecule has 7 nitrogen and oxygen atoms in total. The smallest absolute Gasteiger partial charge is 0.255 e. The van der Waals surface area contributed by atoms with Crippen LogP contribution in [-0.4, -0.2) is 27.8 Å². The zero-order chi connectivity index (χ0) is 25.1. The summed E-state index contributed by atoms with van der Waals surface area (Å²) in [6, 6.07) is 25.3. The van der Waals surface area contributed by atoms with Crippen LogP contribution in [0, 0.1) is 6.92 Å². The second-order valence-corrected chi connectivity index (χ2v) is 9.51. The van der Waals surface area contributed by atoms with E-state index in [1.54, 1.807) is 18.9 Å². The molecule has 0 saturated heterocycles. The van der Waals surface area contributed by atoms with Gasteiger partial charge in [0.25, 0.3) is 5.91 Å². The number of aryl methyl sites for hydroxylation is 1. The molecular formula is C28H27N5O2S. The number of nitrogens with zero attached hydrogens (tertiary/aromatic N) is 3. The lowest BCUT2D eigenvalue weighted by atomic mass is 9.94. The highest BCUT2D eigenvalue weighted by Gasteiger charge is 2.34. The van der Waals surface area contributed by atoms with Gasteiger partial charge in [-0.3, -0.25) is 4.79 Å². The van der Waals surface area contributed by atoms with Crippen molar-refractivity contribution in [2.45, 2.75) is 30.8 Å². The molecule has 1 aliphatic heterocycles. The van der Waals surface area contributed by atoms with Crippen LogP contribution < -0.4 is 15.4 Å². The minimum absolute atomic E-state index is 0.227. The number of amides is 1. The van der Waals surface area contributed by atoms with Crippen LogP contribution in [0.4, 0.5) is 11.6 Å². The van der Waals surface area contributed by atoms with E-state index in [1.807, 2.05) is 85.3 Å². The number of allylic oxidation sites excluding steroid dienone is 1. The number of hydrogen-bond acceptors (Lipinski definition) is 6. The van der Waals surface area contributed by atoms with Crippen molar-refractivity contribution < 1.29 is 9.53 Å². The second kappa shape index (κ2) is 10.3. The van der Waals surface area contributed by atoms with Gasteiger partial charge in [-0.05, 0) is 37.1 Å². The lowest BCUT2D eigenvalue weighted by molar-refractivity contribution is -0.113. The number of hydrogen-bond donors (Lipinski definition) is 2. The molecule has 0 unspecified atom stereocenters. The van der Waals surface area contributed by atoms with Crippen LogP contribution in [0.1, 0.15) is 29.7 Å². The van der Waals surface area contributed by atoms with E-state index in [9.17, 15) is 4.79 Å². The van der Waals surface area contributed by atoms with Gasteiger partial charge in [0.15, 0.2) is 0 Å². The summed E-state index contributed by atoms with van der Waals surface area (Å²) in [5.74, 6) is 1.74. The molecule has 2 N–H and O–H groups in total. The van der Waals surface area contributed by atoms with Crippen LogP contribution >= 0.6 is 11.8 Å². The van der Waals surface area contributed by atoms with Crippen molar-refractivity contribution in [3.05, 3.63) is 107 Å². The summed E-state index contributed by atoms with van der Waals surface area (Å²) in [5.41, 5.74) is 5.21. The summed E-state index contributed by atoms with van der Waals surface area (Å²) >= 11 is 1.57. The maximum atomic E-state index is 13.7. The lowest BCUT2D eigenvalue weighted by Crippen LogP contribution is -2.31. The number of anilines is 2. The third kappa shape index (κ3) is 4.85. The summed E-state index contributed by atoms with van der Waals surface area (Å²) in [5, 5.41) is 11.8. The van der Waals surface area contributed by atoms with E-state index >= 15 is 0 Å². The average molecular weight is 498 g/mol. The minimum atomic E-state index is -0.435. The van der Waals surface area contributed by atoms with Gasteiger partial charge in [-0.25, -0.2) is 4.68 Å². The monoisotopic (exact) mass is 497 g/mol. The molecule has 1 amide bonds. The fourth-order valence-electron chi connectivity index (χ4n) is 4.20. The molecule has 8 heteroatoms. The second-order valence-electron chi connectivity index (χ2n) is 8.57. The van der Waals surface area contributed by atoms with Crippen LogP contribution in [0.5, 0.6) is 5.75 Å². The Morgan fingerprint density at radius 1 is 1.03 bits per heavy atom. The Hall–Kier alpha value is -4.04. The summed E-state index contributed by atoms with van der Waals surface area (Å²) in [4.78, 5) is 18.4. The Bertz CT molecular complexity index is 1410. The molecule has 1 aliphatic rings. The normalized spacial score (nSPS) is 14.7. The number of fused-ring (bicyclic) bond motifs is 1. The van der Waals surface area contributed by atoms with Crippen molar-refractivity contribution in [3.63, 3.8) is 0 Å². The van der Waals surface area contributed by atoms with Crippen molar-refractivity contribution in [3.8, 4) is 5.75 Å². The molecule has 0 bridgehead atoms. The number of carbonyl (C=O) groups is 1. The zero-order valence-corrected chi connectivity index (χ0v) is 21.2. The van der Waals surface area contributed by atoms with E-state index in [4.69, 9.17) is 14.8 Å². The third-order valence-corrected chi connectivity index (χ3v) is 6.95. The highest BCUT2D eigenvalue weighted by molar-refractivity contribution is 7.98. The van der Waals surface area contributed by atoms with Crippen molar-refractivity contribution in [2.75, 3.05) is 17.7 Å². The molecule has 5 rings (SSSR count). The van der Waals surface area contributed by atoms with Crippen LogP contribution in [-0.2, 0) is 10.5 Å². The van der Waals surface area contributed by atoms with Gasteiger partial charge < -0.3 is 15.4 Å². The first-order valence-electron chi connectivity index (χ1n) is 11.7. The van der Waals surface area contributed by atoms with Gasteiger partial charge in [0.1, 0.15) is 11.8 Å². The highest BCUT2D eigenvalue weighted by Crippen LogP contribution is 2.37. The van der Waals surface area contributed by atoms with Crippen molar-refractivity contribution >= 4 is 29.3 Å². The largest absolute Gasteiger partial charge is 0.495 e. The number of para-hydroxylation sites is 2. The molecule has 0 spiro atoms. The predicted octanol–water partition coefficient (Wildman–Crippen LogP) is 5.82. The molecule has 36 heavy (non-hydrogen) atoms. The molecule has 182 valence electrons. The minimum Gasteiger partial charge on any atom is -0.495 e. The van der Waals surface area contributed by atoms with E-state index in [2.05, 4.69) is 22.8 Å². The average Bonchev–Trinajstić information content (AvgIpc) is 3.30. The maximum absolute atomic E-state index is 13.7. The van der Waals surface area contributed by atoms with Gasteiger partial charge in [-0.15, -0.1) is 5.10 Å². The Labute approximate surface area is 214 Å². The third-order valence-electron chi connectivity index (χ3n) is 6.04. The summed E-state index contributed by atoms with van der Waals surface area (Å²) < 4.78 is 7.24. The molecule has 0 saturated carbocycles. The lowest BCUT2D eigenvalue weighted by Gasteiger charge is -2.29. The topological polar surface area (TPSA) is 81.1 Å². The Morgan fingerprint density at radius 3 is 2.50 bits per heavy atom. The van der Waals surface area contributed by atoms with E-state index in [1.165, 1.54) is 5.56 Å². The number of thioether (sulfide) groups is 1. The number of methoxy groups -OCH3 is 1. The molecule has 0 radical (unpaired) electrons. The van der Waals surface area contributed by atoms with E-state index < -0.39 is 6.04 Å². The fraction of sp³-hybridized carbons (Fsp3) is 0.179. The molecule has 0 aliphatic carbocycles. The highest BCUT2D eigenvalue weighted by atomic mass is 32.2. The molecule has 2 heterocycles. The first kappa shape index (κ1) is 23.7. The standard InChI is InChI=1S/C28H27N5O2S/c1-18-13-15-21(16-14-18)25-24(26(34)30-22-11-7-8-12-23(22)35-3)19(2)29-27-31-28(32-33(25)27)36-17-20-9-5-4-6-10-20/h4-16,25H,17H2,1-3H3,(H,30,34)(H,29,31,32)/t25-/m0/s1. The van der Waals surface area contributed by atoms with Gasteiger partial charge in [-0.1, -0.05) is 84.1 Å². The molecular weight excluding hydrogens is 470 g/mol. The molecule has 4 aromatic rings. The maximum Gasteiger partial charge on any atom is 0.255 e. The number of carbonyl (C=O) groups excluding carboxylic acids is 1. The predicted molar refractivity (Wildman–Crippen MR) is 143 cm³/mol. The van der Waals surface area contributed by atoms with Gasteiger partial charge in [0.05, 0.1) is 18.4 Å². The Kier molecular flexibility index (Phi) is 6.77. The molecule has 1 aromatic heterocycles. The van der Waals surface area contributed by atoms with Crippen LogP contribution in [0.25, 0.3) is 0 Å². The SMILES string of the molecule is COc1ccccc1NC(=O)C1=C(C)Nc2nc(SCc3ccccc3)nn2[C@H]1c1ccc(C)cc1. The van der Waals surface area contributed by atoms with Gasteiger partial charge >= 0.3 is 0 Å². The number of rotatable bonds is 7. The molecule has 3 aromatic carbocycles. The van der Waals surface area contributed by atoms with E-state index in [0.29, 0.717) is 28.1 Å². The van der Waals surface area contributed by atoms with Crippen molar-refractivity contribution in [1.82, 2.24) is 14.8 Å². The van der Waals surface area contributed by atoms with Crippen LogP contribution in [0.15, 0.2) is 95.3 Å².